The summed E-state index contributed by atoms with van der Waals surface area (Å²) in [5.41, 5.74) is 7.77. The van der Waals surface area contributed by atoms with Crippen molar-refractivity contribution in [3.05, 3.63) is 64.1 Å². The number of para-hydroxylation sites is 1. The highest BCUT2D eigenvalue weighted by Crippen LogP contribution is 2.38. The molecule has 2 aromatic rings. The van der Waals surface area contributed by atoms with Gasteiger partial charge in [-0.2, -0.15) is 0 Å². The highest BCUT2D eigenvalue weighted by atomic mass is 35.5. The van der Waals surface area contributed by atoms with Crippen LogP contribution in [0.1, 0.15) is 12.5 Å². The highest BCUT2D eigenvalue weighted by Gasteiger charge is 2.40. The molecule has 0 fully saturated rings. The molecule has 2 N–H and O–H groups in total. The van der Waals surface area contributed by atoms with Crippen molar-refractivity contribution in [2.45, 2.75) is 12.5 Å². The third-order valence-electron chi connectivity index (χ3n) is 3.83. The van der Waals surface area contributed by atoms with Crippen LogP contribution in [0.15, 0.2) is 53.5 Å². The van der Waals surface area contributed by atoms with E-state index >= 15 is 0 Å². The van der Waals surface area contributed by atoms with Crippen LogP contribution in [-0.4, -0.2) is 12.5 Å². The first kappa shape index (κ1) is 14.2. The topological polar surface area (TPSA) is 41.6 Å². The first-order valence-corrected chi connectivity index (χ1v) is 7.39. The standard InChI is InChI=1S/C16H15Cl2N3/c1-16(11-7-8-13(17)14(18)9-11)10-20-15(19)21(16)12-5-3-2-4-6-12/h2-9H,10H2,1H3,(H2,19,20). The van der Waals surface area contributed by atoms with Gasteiger partial charge in [0.2, 0.25) is 0 Å². The van der Waals surface area contributed by atoms with Gasteiger partial charge in [0.1, 0.15) is 0 Å². The fourth-order valence-corrected chi connectivity index (χ4v) is 2.97. The van der Waals surface area contributed by atoms with Crippen molar-refractivity contribution in [1.29, 1.82) is 0 Å². The van der Waals surface area contributed by atoms with Gasteiger partial charge in [0.15, 0.2) is 5.96 Å². The molecule has 1 aliphatic heterocycles. The van der Waals surface area contributed by atoms with Gasteiger partial charge in [0, 0.05) is 5.69 Å². The maximum atomic E-state index is 6.17. The van der Waals surface area contributed by atoms with E-state index in [0.717, 1.165) is 11.3 Å². The zero-order valence-electron chi connectivity index (χ0n) is 11.6. The van der Waals surface area contributed by atoms with E-state index in [0.29, 0.717) is 22.5 Å². The molecule has 2 aromatic carbocycles. The van der Waals surface area contributed by atoms with Crippen LogP contribution >= 0.6 is 23.2 Å². The quantitative estimate of drug-likeness (QED) is 0.907. The number of benzene rings is 2. The second kappa shape index (κ2) is 5.24. The summed E-state index contributed by atoms with van der Waals surface area (Å²) < 4.78 is 0. The highest BCUT2D eigenvalue weighted by molar-refractivity contribution is 6.42. The molecule has 0 bridgehead atoms. The minimum atomic E-state index is -0.375. The van der Waals surface area contributed by atoms with E-state index in [-0.39, 0.29) is 5.54 Å². The maximum absolute atomic E-state index is 6.17. The van der Waals surface area contributed by atoms with Crippen molar-refractivity contribution < 1.29 is 0 Å². The number of aliphatic imine (C=N–C) groups is 1. The lowest BCUT2D eigenvalue weighted by molar-refractivity contribution is 0.533. The number of hydrogen-bond donors (Lipinski definition) is 1. The number of halogens is 2. The van der Waals surface area contributed by atoms with Gasteiger partial charge in [0.05, 0.1) is 22.1 Å². The summed E-state index contributed by atoms with van der Waals surface area (Å²) in [5, 5.41) is 1.08. The smallest absolute Gasteiger partial charge is 0.196 e. The van der Waals surface area contributed by atoms with E-state index in [1.807, 2.05) is 53.4 Å². The summed E-state index contributed by atoms with van der Waals surface area (Å²) >= 11 is 12.2. The molecule has 3 rings (SSSR count). The van der Waals surface area contributed by atoms with Crippen LogP contribution in [0.4, 0.5) is 5.69 Å². The summed E-state index contributed by atoms with van der Waals surface area (Å²) in [5.74, 6) is 0.509. The van der Waals surface area contributed by atoms with Crippen molar-refractivity contribution in [3.63, 3.8) is 0 Å². The lowest BCUT2D eigenvalue weighted by Crippen LogP contribution is -2.47. The minimum absolute atomic E-state index is 0.375. The first-order valence-electron chi connectivity index (χ1n) is 6.63. The molecule has 0 aliphatic carbocycles. The third kappa shape index (κ3) is 2.37. The Labute approximate surface area is 134 Å². The molecule has 108 valence electrons. The predicted molar refractivity (Wildman–Crippen MR) is 89.2 cm³/mol. The zero-order chi connectivity index (χ0) is 15.0. The molecular weight excluding hydrogens is 305 g/mol. The molecule has 1 unspecified atom stereocenters. The van der Waals surface area contributed by atoms with E-state index in [1.54, 1.807) is 0 Å². The van der Waals surface area contributed by atoms with Gasteiger partial charge in [0.25, 0.3) is 0 Å². The average Bonchev–Trinajstić information content (AvgIpc) is 2.79. The van der Waals surface area contributed by atoms with Crippen molar-refractivity contribution in [1.82, 2.24) is 0 Å². The summed E-state index contributed by atoms with van der Waals surface area (Å²) in [4.78, 5) is 6.45. The van der Waals surface area contributed by atoms with Gasteiger partial charge >= 0.3 is 0 Å². The fraction of sp³-hybridized carbons (Fsp3) is 0.188. The van der Waals surface area contributed by atoms with Crippen molar-refractivity contribution >= 4 is 34.8 Å². The maximum Gasteiger partial charge on any atom is 0.196 e. The van der Waals surface area contributed by atoms with Crippen molar-refractivity contribution in [2.24, 2.45) is 10.7 Å². The van der Waals surface area contributed by atoms with E-state index < -0.39 is 0 Å². The van der Waals surface area contributed by atoms with E-state index in [4.69, 9.17) is 28.9 Å². The number of rotatable bonds is 2. The number of nitrogens with two attached hydrogens (primary N) is 1. The Bertz CT molecular complexity index is 700. The summed E-state index contributed by atoms with van der Waals surface area (Å²) in [7, 11) is 0. The van der Waals surface area contributed by atoms with Gasteiger partial charge < -0.3 is 10.6 Å². The molecule has 0 spiro atoms. The first-order chi connectivity index (χ1) is 10.0. The van der Waals surface area contributed by atoms with Gasteiger partial charge in [-0.3, -0.25) is 4.99 Å². The summed E-state index contributed by atoms with van der Waals surface area (Å²) in [6.45, 7) is 2.68. The van der Waals surface area contributed by atoms with Gasteiger partial charge in [-0.1, -0.05) is 47.5 Å². The minimum Gasteiger partial charge on any atom is -0.369 e. The van der Waals surface area contributed by atoms with Crippen LogP contribution in [0.25, 0.3) is 0 Å². The van der Waals surface area contributed by atoms with Crippen LogP contribution in [0.2, 0.25) is 10.0 Å². The van der Waals surface area contributed by atoms with Gasteiger partial charge in [-0.15, -0.1) is 0 Å². The summed E-state index contributed by atoms with van der Waals surface area (Å²) in [6, 6.07) is 15.6. The normalized spacial score (nSPS) is 21.5. The summed E-state index contributed by atoms with van der Waals surface area (Å²) in [6.07, 6.45) is 0. The van der Waals surface area contributed by atoms with Crippen molar-refractivity contribution in [2.75, 3.05) is 11.4 Å². The molecular formula is C16H15Cl2N3. The van der Waals surface area contributed by atoms with Crippen LogP contribution < -0.4 is 10.6 Å². The zero-order valence-corrected chi connectivity index (χ0v) is 13.1. The molecule has 0 saturated carbocycles. The number of nitrogens with zero attached hydrogens (tertiary/aromatic N) is 2. The molecule has 1 atom stereocenters. The Hall–Kier alpha value is -1.71. The van der Waals surface area contributed by atoms with Crippen LogP contribution in [0.3, 0.4) is 0 Å². The Balaban J connectivity index is 2.09. The Kier molecular flexibility index (Phi) is 3.56. The lowest BCUT2D eigenvalue weighted by Gasteiger charge is -2.36. The molecule has 21 heavy (non-hydrogen) atoms. The predicted octanol–water partition coefficient (Wildman–Crippen LogP) is 4.04. The number of guanidine groups is 1. The Morgan fingerprint density at radius 3 is 2.48 bits per heavy atom. The van der Waals surface area contributed by atoms with Crippen molar-refractivity contribution in [3.8, 4) is 0 Å². The molecule has 5 heteroatoms. The molecule has 0 aromatic heterocycles. The number of anilines is 1. The van der Waals surface area contributed by atoms with Gasteiger partial charge in [-0.25, -0.2) is 0 Å². The second-order valence-corrected chi connectivity index (χ2v) is 6.06. The lowest BCUT2D eigenvalue weighted by atomic mass is 9.90. The van der Waals surface area contributed by atoms with Crippen LogP contribution in [-0.2, 0) is 5.54 Å². The largest absolute Gasteiger partial charge is 0.369 e. The van der Waals surface area contributed by atoms with E-state index in [2.05, 4.69) is 11.9 Å². The fourth-order valence-electron chi connectivity index (χ4n) is 2.67. The monoisotopic (exact) mass is 319 g/mol. The van der Waals surface area contributed by atoms with E-state index in [9.17, 15) is 0 Å². The van der Waals surface area contributed by atoms with Crippen LogP contribution in [0.5, 0.6) is 0 Å². The molecule has 3 nitrogen and oxygen atoms in total. The Morgan fingerprint density at radius 1 is 1.10 bits per heavy atom. The second-order valence-electron chi connectivity index (χ2n) is 5.25. The van der Waals surface area contributed by atoms with E-state index in [1.165, 1.54) is 0 Å². The molecule has 0 saturated heterocycles. The molecule has 0 radical (unpaired) electrons. The molecule has 1 aliphatic rings. The van der Waals surface area contributed by atoms with Gasteiger partial charge in [-0.05, 0) is 36.8 Å². The Morgan fingerprint density at radius 2 is 1.81 bits per heavy atom. The average molecular weight is 320 g/mol. The number of hydrogen-bond acceptors (Lipinski definition) is 3. The van der Waals surface area contributed by atoms with Crippen LogP contribution in [0, 0.1) is 0 Å². The molecule has 1 heterocycles. The third-order valence-corrected chi connectivity index (χ3v) is 4.57. The SMILES string of the molecule is CC1(c2ccc(Cl)c(Cl)c2)CN=C(N)N1c1ccccc1. The molecule has 0 amide bonds.